The minimum absolute atomic E-state index is 0.373. The third-order valence-corrected chi connectivity index (χ3v) is 6.35. The number of hydrogen-bond acceptors (Lipinski definition) is 6. The first-order chi connectivity index (χ1) is 11.0. The molecule has 144 valence electrons. The zero-order valence-corrected chi connectivity index (χ0v) is 19.0. The summed E-state index contributed by atoms with van der Waals surface area (Å²) in [5, 5.41) is 26.5. The van der Waals surface area contributed by atoms with Crippen molar-refractivity contribution in [3.63, 3.8) is 0 Å². The van der Waals surface area contributed by atoms with E-state index < -0.39 is 36.0 Å². The average molecular weight is 546 g/mol. The second-order valence-electron chi connectivity index (χ2n) is 4.20. The average Bonchev–Trinajstić information content (AvgIpc) is 2.49. The molecule has 0 aliphatic rings. The molecule has 0 rings (SSSR count). The van der Waals surface area contributed by atoms with Gasteiger partial charge in [-0.1, -0.05) is 0 Å². The molecule has 24 heavy (non-hydrogen) atoms. The molecule has 0 fully saturated rings. The van der Waals surface area contributed by atoms with Crippen molar-refractivity contribution in [1.82, 2.24) is 0 Å². The number of rotatable bonds is 9. The van der Waals surface area contributed by atoms with Gasteiger partial charge in [0.25, 0.3) is 0 Å². The van der Waals surface area contributed by atoms with E-state index in [1.165, 1.54) is 0 Å². The van der Waals surface area contributed by atoms with Crippen molar-refractivity contribution in [1.29, 1.82) is 0 Å². The van der Waals surface area contributed by atoms with Crippen LogP contribution in [0, 0.1) is 0 Å². The van der Waals surface area contributed by atoms with Crippen molar-refractivity contribution in [2.75, 3.05) is 0 Å². The topological polar surface area (TPSA) is 190 Å². The molecular formula is C12H27N3O6Se3. The van der Waals surface area contributed by atoms with Crippen LogP contribution < -0.4 is 17.2 Å². The first-order valence-corrected chi connectivity index (χ1v) is 15.2. The van der Waals surface area contributed by atoms with Crippen LogP contribution in [0.4, 0.5) is 0 Å². The normalized spacial score (nSPS) is 13.2. The number of carbonyl (C=O) groups is 3. The predicted octanol–water partition coefficient (Wildman–Crippen LogP) is -1.29. The van der Waals surface area contributed by atoms with Crippen molar-refractivity contribution < 1.29 is 29.7 Å². The number of nitrogens with two attached hydrogens (primary N) is 3. The van der Waals surface area contributed by atoms with Crippen LogP contribution in [-0.2, 0) is 14.4 Å². The molecule has 0 aromatic rings. The standard InChI is InChI=1S/3C4H9NO2Se/c3*1-8-2-3(5)4(6)7/h3*3H,2,5H2,1H3,(H,6,7)/t2*3-;/m10./s1. The Hall–Kier alpha value is -0.152. The third kappa shape index (κ3) is 21.8. The summed E-state index contributed by atoms with van der Waals surface area (Å²) >= 11 is 1.12. The molecule has 1 unspecified atom stereocenters. The summed E-state index contributed by atoms with van der Waals surface area (Å²) in [5.41, 5.74) is 15.4. The van der Waals surface area contributed by atoms with E-state index in [1.807, 2.05) is 17.5 Å². The second-order valence-corrected chi connectivity index (χ2v) is 9.93. The van der Waals surface area contributed by atoms with Crippen LogP contribution in [0.2, 0.25) is 33.4 Å². The van der Waals surface area contributed by atoms with Crippen LogP contribution in [0.3, 0.4) is 0 Å². The van der Waals surface area contributed by atoms with E-state index in [0.29, 0.717) is 60.8 Å². The molecule has 0 aliphatic heterocycles. The summed E-state index contributed by atoms with van der Waals surface area (Å²) in [6.07, 6.45) is 0. The summed E-state index contributed by atoms with van der Waals surface area (Å²) < 4.78 is 0. The molecule has 0 amide bonds. The van der Waals surface area contributed by atoms with E-state index in [4.69, 9.17) is 32.5 Å². The maximum absolute atomic E-state index is 9.97. The van der Waals surface area contributed by atoms with E-state index in [-0.39, 0.29) is 0 Å². The Morgan fingerprint density at radius 3 is 0.875 bits per heavy atom. The SMILES string of the molecule is C[Se]CC(N)C(=O)O.C[Se]C[C@@H](N)C(=O)O.C[Se]C[C@H](N)C(=O)O. The summed E-state index contributed by atoms with van der Waals surface area (Å²) in [5.74, 6) is 3.22. The van der Waals surface area contributed by atoms with Gasteiger partial charge in [0, 0.05) is 0 Å². The number of carboxylic acid groups (broad SMARTS) is 3. The van der Waals surface area contributed by atoms with Gasteiger partial charge in [-0.3, -0.25) is 0 Å². The maximum atomic E-state index is 9.97. The van der Waals surface area contributed by atoms with Gasteiger partial charge in [0.05, 0.1) is 0 Å². The van der Waals surface area contributed by atoms with Gasteiger partial charge < -0.3 is 0 Å². The molecular weight excluding hydrogens is 519 g/mol. The fraction of sp³-hybridized carbons (Fsp3) is 0.750. The Bertz CT molecular complexity index is 311. The van der Waals surface area contributed by atoms with Crippen LogP contribution in [0.25, 0.3) is 0 Å². The van der Waals surface area contributed by atoms with Crippen LogP contribution in [0.5, 0.6) is 0 Å². The zero-order chi connectivity index (χ0) is 19.7. The molecule has 9 nitrogen and oxygen atoms in total. The van der Waals surface area contributed by atoms with Gasteiger partial charge in [0.2, 0.25) is 0 Å². The summed E-state index contributed by atoms with van der Waals surface area (Å²) in [6.45, 7) is 0. The predicted molar refractivity (Wildman–Crippen MR) is 96.1 cm³/mol. The molecule has 0 bridgehead atoms. The molecule has 0 aromatic heterocycles. The number of carboxylic acids is 3. The quantitative estimate of drug-likeness (QED) is 0.191. The van der Waals surface area contributed by atoms with Crippen LogP contribution in [0.15, 0.2) is 0 Å². The van der Waals surface area contributed by atoms with Crippen LogP contribution in [-0.4, -0.2) is 96.2 Å². The molecule has 0 heterocycles. The van der Waals surface area contributed by atoms with Gasteiger partial charge in [-0.05, 0) is 0 Å². The molecule has 0 aliphatic carbocycles. The number of hydrogen-bond donors (Lipinski definition) is 6. The molecule has 0 radical (unpaired) electrons. The van der Waals surface area contributed by atoms with Gasteiger partial charge in [0.1, 0.15) is 0 Å². The van der Waals surface area contributed by atoms with Crippen molar-refractivity contribution in [3.05, 3.63) is 0 Å². The minimum atomic E-state index is -0.895. The van der Waals surface area contributed by atoms with E-state index in [0.717, 1.165) is 0 Å². The molecule has 3 atom stereocenters. The Morgan fingerprint density at radius 1 is 0.667 bits per heavy atom. The fourth-order valence-corrected chi connectivity index (χ4v) is 3.91. The first-order valence-electron chi connectivity index (χ1n) is 6.46. The third-order valence-electron chi connectivity index (χ3n) is 1.99. The Labute approximate surface area is 160 Å². The van der Waals surface area contributed by atoms with Crippen molar-refractivity contribution in [3.8, 4) is 0 Å². The molecule has 0 aromatic carbocycles. The van der Waals surface area contributed by atoms with Crippen molar-refractivity contribution in [2.45, 2.75) is 51.5 Å². The van der Waals surface area contributed by atoms with Gasteiger partial charge >= 0.3 is 161 Å². The Kier molecular flexibility index (Phi) is 22.9. The molecule has 0 spiro atoms. The van der Waals surface area contributed by atoms with Crippen molar-refractivity contribution in [2.24, 2.45) is 17.2 Å². The first kappa shape index (κ1) is 28.6. The summed E-state index contributed by atoms with van der Waals surface area (Å²) in [7, 11) is 0. The van der Waals surface area contributed by atoms with Gasteiger partial charge in [-0.15, -0.1) is 0 Å². The van der Waals surface area contributed by atoms with Crippen LogP contribution >= 0.6 is 0 Å². The van der Waals surface area contributed by atoms with E-state index in [2.05, 4.69) is 0 Å². The Morgan fingerprint density at radius 2 is 0.833 bits per heavy atom. The second kappa shape index (κ2) is 19.2. The number of aliphatic carboxylic acids is 3. The molecule has 0 saturated heterocycles. The summed E-state index contributed by atoms with van der Waals surface area (Å²) in [4.78, 5) is 29.9. The monoisotopic (exact) mass is 549 g/mol. The van der Waals surface area contributed by atoms with E-state index in [1.54, 1.807) is 0 Å². The Balaban J connectivity index is -0.000000276. The zero-order valence-electron chi connectivity index (χ0n) is 13.9. The van der Waals surface area contributed by atoms with Gasteiger partial charge in [-0.25, -0.2) is 0 Å². The molecule has 9 N–H and O–H groups in total. The van der Waals surface area contributed by atoms with E-state index >= 15 is 0 Å². The molecule has 12 heteroatoms. The van der Waals surface area contributed by atoms with E-state index in [9.17, 15) is 14.4 Å². The van der Waals surface area contributed by atoms with Crippen molar-refractivity contribution >= 4 is 62.8 Å². The van der Waals surface area contributed by atoms with Gasteiger partial charge in [-0.2, -0.15) is 0 Å². The van der Waals surface area contributed by atoms with Gasteiger partial charge in [0.15, 0.2) is 0 Å². The molecule has 0 saturated carbocycles. The summed E-state index contributed by atoms with van der Waals surface area (Å²) in [6, 6.07) is -1.92. The van der Waals surface area contributed by atoms with Crippen LogP contribution in [0.1, 0.15) is 0 Å². The fourth-order valence-electron chi connectivity index (χ4n) is 0.753.